The minimum atomic E-state index is 0.0111. The molecule has 0 saturated heterocycles. The van der Waals surface area contributed by atoms with Crippen molar-refractivity contribution >= 4 is 5.91 Å². The molecule has 1 amide bonds. The molecular formula is C17H23NO3. The molecule has 1 aromatic carbocycles. The molecular weight excluding hydrogens is 266 g/mol. The smallest absolute Gasteiger partial charge is 0.220 e. The maximum absolute atomic E-state index is 11.8. The van der Waals surface area contributed by atoms with E-state index in [1.54, 1.807) is 7.11 Å². The largest absolute Gasteiger partial charge is 0.395 e. The van der Waals surface area contributed by atoms with Crippen LogP contribution in [0.5, 0.6) is 0 Å². The van der Waals surface area contributed by atoms with Crippen molar-refractivity contribution < 1.29 is 14.6 Å². The van der Waals surface area contributed by atoms with Crippen LogP contribution in [0.3, 0.4) is 0 Å². The Hall–Kier alpha value is -1.83. The Morgan fingerprint density at radius 2 is 2.19 bits per heavy atom. The Morgan fingerprint density at radius 3 is 2.90 bits per heavy atom. The van der Waals surface area contributed by atoms with E-state index in [0.717, 1.165) is 11.1 Å². The summed E-state index contributed by atoms with van der Waals surface area (Å²) < 4.78 is 5.12. The zero-order valence-electron chi connectivity index (χ0n) is 12.7. The summed E-state index contributed by atoms with van der Waals surface area (Å²) in [6, 6.07) is 7.69. The molecule has 0 aliphatic carbocycles. The molecule has 1 aromatic rings. The van der Waals surface area contributed by atoms with Gasteiger partial charge in [0.15, 0.2) is 0 Å². The van der Waals surface area contributed by atoms with Gasteiger partial charge in [0.05, 0.1) is 12.7 Å². The Balaban J connectivity index is 2.52. The molecule has 0 fully saturated rings. The molecule has 4 heteroatoms. The maximum atomic E-state index is 11.8. The van der Waals surface area contributed by atoms with Gasteiger partial charge in [-0.2, -0.15) is 0 Å². The standard InChI is InChI=1S/C17H23NO3/c1-14(21-2)10-11-17(20)18-13-16-9-4-3-7-15(16)8-5-6-12-19/h3-4,7,9,14,19H,6,10-13H2,1-2H3,(H,18,20). The van der Waals surface area contributed by atoms with E-state index in [4.69, 9.17) is 9.84 Å². The third-order valence-corrected chi connectivity index (χ3v) is 3.13. The Labute approximate surface area is 126 Å². The van der Waals surface area contributed by atoms with Crippen LogP contribution in [-0.4, -0.2) is 30.8 Å². The third-order valence-electron chi connectivity index (χ3n) is 3.13. The SMILES string of the molecule is COC(C)CCC(=O)NCc1ccccc1C#CCCO. The van der Waals surface area contributed by atoms with E-state index < -0.39 is 0 Å². The van der Waals surface area contributed by atoms with Crippen molar-refractivity contribution in [2.45, 2.75) is 38.8 Å². The first kappa shape index (κ1) is 17.2. The summed E-state index contributed by atoms with van der Waals surface area (Å²) in [4.78, 5) is 11.8. The van der Waals surface area contributed by atoms with E-state index in [-0.39, 0.29) is 18.6 Å². The molecule has 0 radical (unpaired) electrons. The Morgan fingerprint density at radius 1 is 1.43 bits per heavy atom. The zero-order valence-corrected chi connectivity index (χ0v) is 12.7. The molecule has 1 unspecified atom stereocenters. The fourth-order valence-corrected chi connectivity index (χ4v) is 1.74. The number of nitrogens with one attached hydrogen (secondary N) is 1. The highest BCUT2D eigenvalue weighted by molar-refractivity contribution is 5.75. The van der Waals surface area contributed by atoms with Crippen molar-refractivity contribution in [3.63, 3.8) is 0 Å². The van der Waals surface area contributed by atoms with Gasteiger partial charge in [-0.15, -0.1) is 0 Å². The van der Waals surface area contributed by atoms with Crippen LogP contribution in [0, 0.1) is 11.8 Å². The van der Waals surface area contributed by atoms with Gasteiger partial charge in [-0.1, -0.05) is 30.0 Å². The first-order valence-electron chi connectivity index (χ1n) is 7.14. The van der Waals surface area contributed by atoms with Crippen molar-refractivity contribution in [3.8, 4) is 11.8 Å². The van der Waals surface area contributed by atoms with Gasteiger partial charge >= 0.3 is 0 Å². The molecule has 0 saturated carbocycles. The second kappa shape index (κ2) is 9.98. The van der Waals surface area contributed by atoms with Gasteiger partial charge < -0.3 is 15.2 Å². The number of benzene rings is 1. The lowest BCUT2D eigenvalue weighted by Crippen LogP contribution is -2.24. The van der Waals surface area contributed by atoms with Crippen molar-refractivity contribution in [3.05, 3.63) is 35.4 Å². The molecule has 114 valence electrons. The van der Waals surface area contributed by atoms with Crippen molar-refractivity contribution in [1.82, 2.24) is 5.32 Å². The van der Waals surface area contributed by atoms with Crippen molar-refractivity contribution in [2.75, 3.05) is 13.7 Å². The molecule has 0 aliphatic rings. The molecule has 0 aliphatic heterocycles. The minimum absolute atomic E-state index is 0.0111. The Kier molecular flexibility index (Phi) is 8.18. The number of rotatable bonds is 7. The van der Waals surface area contributed by atoms with E-state index >= 15 is 0 Å². The van der Waals surface area contributed by atoms with E-state index in [0.29, 0.717) is 25.8 Å². The molecule has 21 heavy (non-hydrogen) atoms. The van der Waals surface area contributed by atoms with Gasteiger partial charge in [-0.3, -0.25) is 4.79 Å². The topological polar surface area (TPSA) is 58.6 Å². The lowest BCUT2D eigenvalue weighted by molar-refractivity contribution is -0.121. The quantitative estimate of drug-likeness (QED) is 0.753. The van der Waals surface area contributed by atoms with Crippen LogP contribution in [0.4, 0.5) is 0 Å². The number of hydrogen-bond acceptors (Lipinski definition) is 3. The number of aliphatic hydroxyl groups excluding tert-OH is 1. The number of aliphatic hydroxyl groups is 1. The van der Waals surface area contributed by atoms with Gasteiger partial charge in [0.1, 0.15) is 0 Å². The number of amides is 1. The molecule has 0 spiro atoms. The minimum Gasteiger partial charge on any atom is -0.395 e. The fourth-order valence-electron chi connectivity index (χ4n) is 1.74. The summed E-state index contributed by atoms with van der Waals surface area (Å²) in [5.41, 5.74) is 1.87. The number of carbonyl (C=O) groups is 1. The van der Waals surface area contributed by atoms with Crippen LogP contribution in [0.2, 0.25) is 0 Å². The molecule has 2 N–H and O–H groups in total. The van der Waals surface area contributed by atoms with Crippen LogP contribution in [0.25, 0.3) is 0 Å². The van der Waals surface area contributed by atoms with Crippen LogP contribution in [0.15, 0.2) is 24.3 Å². The number of methoxy groups -OCH3 is 1. The van der Waals surface area contributed by atoms with Crippen LogP contribution < -0.4 is 5.32 Å². The predicted molar refractivity (Wildman–Crippen MR) is 82.6 cm³/mol. The van der Waals surface area contributed by atoms with Gasteiger partial charge in [-0.05, 0) is 25.0 Å². The molecule has 4 nitrogen and oxygen atoms in total. The normalized spacial score (nSPS) is 11.4. The molecule has 0 aromatic heterocycles. The van der Waals surface area contributed by atoms with Gasteiger partial charge in [0.2, 0.25) is 5.91 Å². The van der Waals surface area contributed by atoms with E-state index in [2.05, 4.69) is 17.2 Å². The molecule has 1 rings (SSSR count). The fraction of sp³-hybridized carbons (Fsp3) is 0.471. The van der Waals surface area contributed by atoms with Crippen LogP contribution in [-0.2, 0) is 16.1 Å². The lowest BCUT2D eigenvalue weighted by atomic mass is 10.1. The monoisotopic (exact) mass is 289 g/mol. The van der Waals surface area contributed by atoms with E-state index in [1.807, 2.05) is 31.2 Å². The summed E-state index contributed by atoms with van der Waals surface area (Å²) in [7, 11) is 1.64. The van der Waals surface area contributed by atoms with Gasteiger partial charge in [0.25, 0.3) is 0 Å². The average molecular weight is 289 g/mol. The zero-order chi connectivity index (χ0) is 15.5. The Bertz CT molecular complexity index is 502. The molecule has 0 bridgehead atoms. The van der Waals surface area contributed by atoms with E-state index in [9.17, 15) is 4.79 Å². The summed E-state index contributed by atoms with van der Waals surface area (Å²) in [6.45, 7) is 2.47. The van der Waals surface area contributed by atoms with E-state index in [1.165, 1.54) is 0 Å². The first-order valence-corrected chi connectivity index (χ1v) is 7.14. The summed E-state index contributed by atoms with van der Waals surface area (Å²) in [5, 5.41) is 11.6. The second-order valence-electron chi connectivity index (χ2n) is 4.79. The van der Waals surface area contributed by atoms with Gasteiger partial charge in [0, 0.05) is 32.1 Å². The maximum Gasteiger partial charge on any atom is 0.220 e. The van der Waals surface area contributed by atoms with Crippen molar-refractivity contribution in [2.24, 2.45) is 0 Å². The average Bonchev–Trinajstić information content (AvgIpc) is 2.51. The lowest BCUT2D eigenvalue weighted by Gasteiger charge is -2.10. The number of ether oxygens (including phenoxy) is 1. The third kappa shape index (κ3) is 6.94. The highest BCUT2D eigenvalue weighted by atomic mass is 16.5. The van der Waals surface area contributed by atoms with Gasteiger partial charge in [-0.25, -0.2) is 0 Å². The second-order valence-corrected chi connectivity index (χ2v) is 4.79. The highest BCUT2D eigenvalue weighted by Gasteiger charge is 2.06. The number of hydrogen-bond donors (Lipinski definition) is 2. The first-order chi connectivity index (χ1) is 10.2. The highest BCUT2D eigenvalue weighted by Crippen LogP contribution is 2.07. The van der Waals surface area contributed by atoms with Crippen molar-refractivity contribution in [1.29, 1.82) is 0 Å². The van der Waals surface area contributed by atoms with Crippen LogP contribution >= 0.6 is 0 Å². The molecule has 1 atom stereocenters. The molecule has 0 heterocycles. The number of carbonyl (C=O) groups excluding carboxylic acids is 1. The predicted octanol–water partition coefficient (Wildman–Crippen LogP) is 1.85. The summed E-state index contributed by atoms with van der Waals surface area (Å²) in [5.74, 6) is 5.92. The van der Waals surface area contributed by atoms with Crippen LogP contribution in [0.1, 0.15) is 37.3 Å². The summed E-state index contributed by atoms with van der Waals surface area (Å²) in [6.07, 6.45) is 1.70. The summed E-state index contributed by atoms with van der Waals surface area (Å²) >= 11 is 0.